The van der Waals surface area contributed by atoms with Gasteiger partial charge in [0.15, 0.2) is 0 Å². The molecule has 1 fully saturated rings. The van der Waals surface area contributed by atoms with Crippen LogP contribution < -0.4 is 4.90 Å². The van der Waals surface area contributed by atoms with Crippen molar-refractivity contribution in [3.8, 4) is 0 Å². The summed E-state index contributed by atoms with van der Waals surface area (Å²) >= 11 is 0. The summed E-state index contributed by atoms with van der Waals surface area (Å²) in [6.07, 6.45) is 1.82. The Morgan fingerprint density at radius 1 is 0.935 bits per heavy atom. The summed E-state index contributed by atoms with van der Waals surface area (Å²) in [5.74, 6) is -0.432. The van der Waals surface area contributed by atoms with Crippen LogP contribution in [0.2, 0.25) is 0 Å². The number of likely N-dealkylation sites (tertiary alicyclic amines) is 1. The SMILES string of the molecule is Cc1ccc(C2=C(N3CCCC(CO)C3)C(=O)N(c3cc(C)ccc3C)C2=O)c(C)c1. The molecule has 162 valence electrons. The first-order valence-electron chi connectivity index (χ1n) is 11.0. The van der Waals surface area contributed by atoms with Gasteiger partial charge >= 0.3 is 0 Å². The van der Waals surface area contributed by atoms with E-state index < -0.39 is 0 Å². The van der Waals surface area contributed by atoms with Crippen LogP contribution in [-0.4, -0.2) is 41.5 Å². The number of rotatable bonds is 4. The Balaban J connectivity index is 1.88. The highest BCUT2D eigenvalue weighted by Crippen LogP contribution is 2.38. The molecule has 4 rings (SSSR count). The van der Waals surface area contributed by atoms with Crippen LogP contribution in [0.1, 0.15) is 40.7 Å². The first kappa shape index (κ1) is 21.3. The van der Waals surface area contributed by atoms with Crippen LogP contribution in [0.15, 0.2) is 42.1 Å². The average Bonchev–Trinajstić information content (AvgIpc) is 3.00. The largest absolute Gasteiger partial charge is 0.396 e. The first-order valence-corrected chi connectivity index (χ1v) is 11.0. The fourth-order valence-electron chi connectivity index (χ4n) is 4.74. The molecule has 5 heteroatoms. The van der Waals surface area contributed by atoms with Gasteiger partial charge in [-0.1, -0.05) is 35.9 Å². The molecule has 2 aromatic rings. The van der Waals surface area contributed by atoms with Crippen molar-refractivity contribution in [1.82, 2.24) is 4.90 Å². The summed E-state index contributed by atoms with van der Waals surface area (Å²) in [5.41, 5.74) is 6.37. The number of carbonyl (C=O) groups excluding carboxylic acids is 2. The average molecular weight is 419 g/mol. The number of piperidine rings is 1. The van der Waals surface area contributed by atoms with E-state index in [1.165, 1.54) is 4.90 Å². The van der Waals surface area contributed by atoms with E-state index in [1.807, 2.05) is 69.0 Å². The Bertz CT molecular complexity index is 1090. The summed E-state index contributed by atoms with van der Waals surface area (Å²) in [6, 6.07) is 11.8. The van der Waals surface area contributed by atoms with Gasteiger partial charge in [0.2, 0.25) is 0 Å². The third-order valence-corrected chi connectivity index (χ3v) is 6.41. The minimum atomic E-state index is -0.272. The molecule has 2 aliphatic rings. The van der Waals surface area contributed by atoms with Gasteiger partial charge in [0.05, 0.1) is 11.3 Å². The Labute approximate surface area is 184 Å². The number of nitrogens with zero attached hydrogens (tertiary/aromatic N) is 2. The predicted octanol–water partition coefficient (Wildman–Crippen LogP) is 3.91. The van der Waals surface area contributed by atoms with Gasteiger partial charge < -0.3 is 10.0 Å². The van der Waals surface area contributed by atoms with Gasteiger partial charge in [-0.25, -0.2) is 4.90 Å². The number of hydrogen-bond donors (Lipinski definition) is 1. The second-order valence-electron chi connectivity index (χ2n) is 8.91. The smallest absolute Gasteiger partial charge is 0.282 e. The highest BCUT2D eigenvalue weighted by molar-refractivity contribution is 6.45. The number of benzene rings is 2. The molecule has 1 saturated heterocycles. The zero-order valence-corrected chi connectivity index (χ0v) is 18.7. The predicted molar refractivity (Wildman–Crippen MR) is 123 cm³/mol. The van der Waals surface area contributed by atoms with Crippen molar-refractivity contribution in [2.45, 2.75) is 40.5 Å². The van der Waals surface area contributed by atoms with Crippen molar-refractivity contribution in [2.24, 2.45) is 5.92 Å². The van der Waals surface area contributed by atoms with E-state index in [1.54, 1.807) is 0 Å². The zero-order chi connectivity index (χ0) is 22.3. The van der Waals surface area contributed by atoms with Gasteiger partial charge in [-0.05, 0) is 74.8 Å². The second-order valence-corrected chi connectivity index (χ2v) is 8.91. The number of aliphatic hydroxyl groups is 1. The van der Waals surface area contributed by atoms with Crippen molar-refractivity contribution in [2.75, 3.05) is 24.6 Å². The Kier molecular flexibility index (Phi) is 5.71. The molecule has 0 aliphatic carbocycles. The van der Waals surface area contributed by atoms with Gasteiger partial charge in [0.1, 0.15) is 5.70 Å². The van der Waals surface area contributed by atoms with Crippen LogP contribution in [0.5, 0.6) is 0 Å². The summed E-state index contributed by atoms with van der Waals surface area (Å²) in [7, 11) is 0. The number of aliphatic hydroxyl groups excluding tert-OH is 1. The molecule has 0 spiro atoms. The fourth-order valence-corrected chi connectivity index (χ4v) is 4.74. The topological polar surface area (TPSA) is 60.9 Å². The van der Waals surface area contributed by atoms with E-state index in [0.29, 0.717) is 30.0 Å². The van der Waals surface area contributed by atoms with E-state index >= 15 is 0 Å². The Morgan fingerprint density at radius 2 is 1.65 bits per heavy atom. The lowest BCUT2D eigenvalue weighted by atomic mass is 9.95. The van der Waals surface area contributed by atoms with E-state index in [4.69, 9.17) is 0 Å². The van der Waals surface area contributed by atoms with Crippen LogP contribution in [-0.2, 0) is 9.59 Å². The molecule has 0 bridgehead atoms. The molecule has 1 unspecified atom stereocenters. The number of imide groups is 1. The van der Waals surface area contributed by atoms with Crippen LogP contribution in [0.3, 0.4) is 0 Å². The molecule has 0 radical (unpaired) electrons. The number of aryl methyl sites for hydroxylation is 4. The maximum absolute atomic E-state index is 13.8. The van der Waals surface area contributed by atoms with Crippen LogP contribution in [0.4, 0.5) is 5.69 Å². The summed E-state index contributed by atoms with van der Waals surface area (Å²) in [5, 5.41) is 9.72. The Hall–Kier alpha value is -2.92. The van der Waals surface area contributed by atoms with E-state index in [2.05, 4.69) is 0 Å². The van der Waals surface area contributed by atoms with E-state index in [9.17, 15) is 14.7 Å². The molecule has 2 aromatic carbocycles. The lowest BCUT2D eigenvalue weighted by molar-refractivity contribution is -0.120. The molecule has 2 heterocycles. The molecule has 0 saturated carbocycles. The summed E-state index contributed by atoms with van der Waals surface area (Å²) in [6.45, 7) is 9.27. The van der Waals surface area contributed by atoms with E-state index in [0.717, 1.165) is 40.7 Å². The first-order chi connectivity index (χ1) is 14.8. The van der Waals surface area contributed by atoms with Gasteiger partial charge in [-0.2, -0.15) is 0 Å². The maximum Gasteiger partial charge on any atom is 0.282 e. The van der Waals surface area contributed by atoms with E-state index in [-0.39, 0.29) is 24.3 Å². The van der Waals surface area contributed by atoms with Crippen molar-refractivity contribution in [3.05, 3.63) is 69.9 Å². The maximum atomic E-state index is 13.8. The molecule has 1 N–H and O–H groups in total. The number of amides is 2. The molecular weight excluding hydrogens is 388 g/mol. The molecule has 1 atom stereocenters. The lowest BCUT2D eigenvalue weighted by Gasteiger charge is -2.34. The lowest BCUT2D eigenvalue weighted by Crippen LogP contribution is -2.40. The summed E-state index contributed by atoms with van der Waals surface area (Å²) < 4.78 is 0. The molecule has 31 heavy (non-hydrogen) atoms. The second kappa shape index (κ2) is 8.31. The van der Waals surface area contributed by atoms with Crippen molar-refractivity contribution in [1.29, 1.82) is 0 Å². The molecular formula is C26H30N2O3. The van der Waals surface area contributed by atoms with Crippen LogP contribution in [0.25, 0.3) is 5.57 Å². The standard InChI is InChI=1S/C26H30N2O3/c1-16-8-10-21(19(4)12-16)23-24(27-11-5-6-20(14-27)15-29)26(31)28(25(23)30)22-13-17(2)7-9-18(22)3/h7-10,12-13,20,29H,5-6,11,14-15H2,1-4H3. The fraction of sp³-hybridized carbons (Fsp3) is 0.385. The van der Waals surface area contributed by atoms with Gasteiger partial charge in [0.25, 0.3) is 11.8 Å². The highest BCUT2D eigenvalue weighted by atomic mass is 16.3. The monoisotopic (exact) mass is 418 g/mol. The number of anilines is 1. The van der Waals surface area contributed by atoms with Crippen LogP contribution in [0, 0.1) is 33.6 Å². The van der Waals surface area contributed by atoms with Crippen molar-refractivity contribution >= 4 is 23.1 Å². The summed E-state index contributed by atoms with van der Waals surface area (Å²) in [4.78, 5) is 30.9. The molecule has 5 nitrogen and oxygen atoms in total. The molecule has 2 aliphatic heterocycles. The van der Waals surface area contributed by atoms with Gasteiger partial charge in [-0.3, -0.25) is 9.59 Å². The van der Waals surface area contributed by atoms with Crippen LogP contribution >= 0.6 is 0 Å². The third-order valence-electron chi connectivity index (χ3n) is 6.41. The zero-order valence-electron chi connectivity index (χ0n) is 18.7. The number of hydrogen-bond acceptors (Lipinski definition) is 4. The van der Waals surface area contributed by atoms with Crippen molar-refractivity contribution in [3.63, 3.8) is 0 Å². The quantitative estimate of drug-likeness (QED) is 0.765. The highest BCUT2D eigenvalue weighted by Gasteiger charge is 2.44. The minimum Gasteiger partial charge on any atom is -0.396 e. The van der Waals surface area contributed by atoms with Gasteiger partial charge in [-0.15, -0.1) is 0 Å². The van der Waals surface area contributed by atoms with Gasteiger partial charge in [0, 0.05) is 19.7 Å². The van der Waals surface area contributed by atoms with Crippen molar-refractivity contribution < 1.29 is 14.7 Å². The number of carbonyl (C=O) groups is 2. The third kappa shape index (κ3) is 3.79. The molecule has 0 aromatic heterocycles. The Morgan fingerprint density at radius 3 is 2.35 bits per heavy atom. The molecule has 2 amide bonds. The normalized spacial score (nSPS) is 19.6. The minimum absolute atomic E-state index is 0.0888.